The van der Waals surface area contributed by atoms with Gasteiger partial charge in [0, 0.05) is 94.1 Å². The third kappa shape index (κ3) is 6.45. The summed E-state index contributed by atoms with van der Waals surface area (Å²) in [4.78, 5) is 69.5. The van der Waals surface area contributed by atoms with E-state index < -0.39 is 0 Å². The van der Waals surface area contributed by atoms with Crippen molar-refractivity contribution >= 4 is 78.1 Å². The van der Waals surface area contributed by atoms with Crippen LogP contribution in [0, 0.1) is 0 Å². The summed E-state index contributed by atoms with van der Waals surface area (Å²) in [5, 5.41) is 6.98. The van der Waals surface area contributed by atoms with Gasteiger partial charge in [-0.15, -0.1) is 0 Å². The van der Waals surface area contributed by atoms with Gasteiger partial charge >= 0.3 is 0 Å². The lowest BCUT2D eigenvalue weighted by Gasteiger charge is -2.36. The lowest BCUT2D eigenvalue weighted by atomic mass is 9.80. The minimum Gasteiger partial charge on any atom is -0.378 e. The molecule has 0 saturated carbocycles. The molecule has 0 bridgehead atoms. The zero-order chi connectivity index (χ0) is 40.2. The molecule has 5 aromatic carbocycles. The minimum atomic E-state index is -0.314. The summed E-state index contributed by atoms with van der Waals surface area (Å²) in [7, 11) is 7.93. The Morgan fingerprint density at radius 2 is 0.845 bits per heavy atom. The standard InChI is InChI=1S/C46H54N6O6/c1-47(2)19-23-57-25-21-51-43(53)31-13-11-29-40-36(50-17-9-6-10-18-50)28-34-38-32(44(54)52(46(34)56)22-26-58-24-20-48(3)4)14-12-30(42(38)40)39-35(49-15-7-5-8-16-49)27-33(45(51)55)37(31)41(29)39/h11-14,27-28H,5-10,15-26H2,1-4H3. The first-order chi connectivity index (χ1) is 28.2. The van der Waals surface area contributed by atoms with Gasteiger partial charge in [-0.25, -0.2) is 0 Å². The fourth-order valence-corrected chi connectivity index (χ4v) is 9.71. The van der Waals surface area contributed by atoms with Crippen molar-refractivity contribution in [2.75, 3.05) is 117 Å². The molecule has 4 amide bonds. The van der Waals surface area contributed by atoms with Crippen molar-refractivity contribution in [1.82, 2.24) is 19.6 Å². The number of carbonyl (C=O) groups excluding carboxylic acids is 4. The van der Waals surface area contributed by atoms with Gasteiger partial charge < -0.3 is 29.1 Å². The molecular weight excluding hydrogens is 733 g/mol. The van der Waals surface area contributed by atoms with Crippen LogP contribution in [0.15, 0.2) is 36.4 Å². The molecule has 2 saturated heterocycles. The van der Waals surface area contributed by atoms with E-state index in [1.54, 1.807) is 0 Å². The van der Waals surface area contributed by atoms with Crippen LogP contribution in [0.25, 0.3) is 43.1 Å². The number of carbonyl (C=O) groups is 4. The predicted octanol–water partition coefficient (Wildman–Crippen LogP) is 6.07. The summed E-state index contributed by atoms with van der Waals surface area (Å²) < 4.78 is 11.7. The monoisotopic (exact) mass is 786 g/mol. The van der Waals surface area contributed by atoms with Crippen LogP contribution in [0.2, 0.25) is 0 Å². The van der Waals surface area contributed by atoms with E-state index in [0.717, 1.165) is 121 Å². The SMILES string of the molecule is CN(C)CCOCCN1C(=O)c2ccc3c4c(N5CCCCC5)cc5c6c(ccc(c7c(N8CCCCC8)cc(c2c37)C1=O)c64)C(=O)N(CCOCCN(C)C)C5=O. The van der Waals surface area contributed by atoms with E-state index in [1.807, 2.05) is 62.3 Å². The Balaban J connectivity index is 1.27. The number of piperidine rings is 2. The molecule has 0 N–H and O–H groups in total. The van der Waals surface area contributed by atoms with Gasteiger partial charge in [-0.05, 0) is 102 Å². The van der Waals surface area contributed by atoms with Crippen LogP contribution in [0.3, 0.4) is 0 Å². The number of likely N-dealkylation sites (N-methyl/N-ethyl adjacent to an activating group) is 2. The number of anilines is 2. The molecule has 0 aliphatic carbocycles. The van der Waals surface area contributed by atoms with E-state index in [9.17, 15) is 19.2 Å². The highest BCUT2D eigenvalue weighted by molar-refractivity contribution is 6.44. The predicted molar refractivity (Wildman–Crippen MR) is 229 cm³/mol. The van der Waals surface area contributed by atoms with E-state index in [4.69, 9.17) is 9.47 Å². The molecule has 0 unspecified atom stereocenters. The number of benzene rings is 5. The molecule has 5 aromatic rings. The van der Waals surface area contributed by atoms with Crippen molar-refractivity contribution in [2.24, 2.45) is 0 Å². The molecule has 0 atom stereocenters. The number of hydrogen-bond acceptors (Lipinski definition) is 10. The lowest BCUT2D eigenvalue weighted by molar-refractivity contribution is 0.0499. The van der Waals surface area contributed by atoms with Crippen molar-refractivity contribution in [3.05, 3.63) is 58.7 Å². The number of amides is 4. The van der Waals surface area contributed by atoms with E-state index in [-0.39, 0.29) is 49.9 Å². The highest BCUT2D eigenvalue weighted by Crippen LogP contribution is 2.52. The van der Waals surface area contributed by atoms with E-state index >= 15 is 0 Å². The van der Waals surface area contributed by atoms with E-state index in [0.29, 0.717) is 46.2 Å². The molecule has 9 rings (SSSR count). The molecule has 304 valence electrons. The van der Waals surface area contributed by atoms with Crippen molar-refractivity contribution < 1.29 is 28.7 Å². The second-order valence-electron chi connectivity index (χ2n) is 16.9. The van der Waals surface area contributed by atoms with Crippen LogP contribution < -0.4 is 9.80 Å². The fourth-order valence-electron chi connectivity index (χ4n) is 9.71. The largest absolute Gasteiger partial charge is 0.378 e. The van der Waals surface area contributed by atoms with Crippen molar-refractivity contribution in [1.29, 1.82) is 0 Å². The minimum absolute atomic E-state index is 0.169. The molecule has 4 aliphatic rings. The number of nitrogens with zero attached hydrogens (tertiary/aromatic N) is 6. The first kappa shape index (κ1) is 38.6. The Hall–Kier alpha value is -4.88. The third-order valence-electron chi connectivity index (χ3n) is 12.6. The molecule has 12 heteroatoms. The fraction of sp³-hybridized carbons (Fsp3) is 0.478. The molecule has 0 aromatic heterocycles. The molecular formula is C46H54N6O6. The van der Waals surface area contributed by atoms with Crippen LogP contribution in [0.4, 0.5) is 11.4 Å². The average Bonchev–Trinajstić information content (AvgIpc) is 3.23. The summed E-state index contributed by atoms with van der Waals surface area (Å²) in [5.41, 5.74) is 4.01. The van der Waals surface area contributed by atoms with Crippen molar-refractivity contribution in [3.63, 3.8) is 0 Å². The van der Waals surface area contributed by atoms with E-state index in [1.165, 1.54) is 9.80 Å². The van der Waals surface area contributed by atoms with Gasteiger partial charge in [-0.2, -0.15) is 0 Å². The Morgan fingerprint density at radius 3 is 1.22 bits per heavy atom. The number of imide groups is 2. The Morgan fingerprint density at radius 1 is 0.466 bits per heavy atom. The van der Waals surface area contributed by atoms with Crippen LogP contribution >= 0.6 is 0 Å². The molecule has 4 heterocycles. The quantitative estimate of drug-likeness (QED) is 0.0571. The third-order valence-corrected chi connectivity index (χ3v) is 12.6. The normalized spacial score (nSPS) is 17.6. The summed E-state index contributed by atoms with van der Waals surface area (Å²) >= 11 is 0. The van der Waals surface area contributed by atoms with Crippen LogP contribution in [-0.4, -0.2) is 150 Å². The molecule has 4 aliphatic heterocycles. The van der Waals surface area contributed by atoms with Gasteiger partial charge in [0.15, 0.2) is 0 Å². The number of rotatable bonds is 14. The second-order valence-corrected chi connectivity index (χ2v) is 16.9. The Bertz CT molecular complexity index is 2280. The van der Waals surface area contributed by atoms with Crippen LogP contribution in [-0.2, 0) is 9.47 Å². The maximum absolute atomic E-state index is 14.6. The molecule has 12 nitrogen and oxygen atoms in total. The summed E-state index contributed by atoms with van der Waals surface area (Å²) in [5.74, 6) is -1.23. The van der Waals surface area contributed by atoms with Gasteiger partial charge in [0.2, 0.25) is 0 Å². The Kier molecular flexibility index (Phi) is 10.5. The zero-order valence-corrected chi connectivity index (χ0v) is 34.3. The molecule has 0 radical (unpaired) electrons. The maximum atomic E-state index is 14.6. The Labute approximate surface area is 339 Å². The molecule has 2 fully saturated rings. The number of fused-ring (bicyclic) bond motifs is 2. The smallest absolute Gasteiger partial charge is 0.261 e. The van der Waals surface area contributed by atoms with Gasteiger partial charge in [0.25, 0.3) is 23.6 Å². The van der Waals surface area contributed by atoms with Crippen LogP contribution in [0.1, 0.15) is 80.0 Å². The average molecular weight is 787 g/mol. The van der Waals surface area contributed by atoms with Gasteiger partial charge in [-0.1, -0.05) is 12.1 Å². The number of ether oxygens (including phenoxy) is 2. The molecule has 0 spiro atoms. The summed E-state index contributed by atoms with van der Waals surface area (Å²) in [6.07, 6.45) is 6.43. The lowest BCUT2D eigenvalue weighted by Crippen LogP contribution is -2.43. The summed E-state index contributed by atoms with van der Waals surface area (Å²) in [6.45, 7) is 6.76. The van der Waals surface area contributed by atoms with Gasteiger partial charge in [-0.3, -0.25) is 29.0 Å². The van der Waals surface area contributed by atoms with Crippen molar-refractivity contribution in [2.45, 2.75) is 38.5 Å². The topological polar surface area (TPSA) is 106 Å². The number of hydrogen-bond donors (Lipinski definition) is 0. The maximum Gasteiger partial charge on any atom is 0.261 e. The van der Waals surface area contributed by atoms with Crippen LogP contribution in [0.5, 0.6) is 0 Å². The van der Waals surface area contributed by atoms with Crippen molar-refractivity contribution in [3.8, 4) is 0 Å². The summed E-state index contributed by atoms with van der Waals surface area (Å²) in [6, 6.07) is 11.9. The van der Waals surface area contributed by atoms with E-state index in [2.05, 4.69) is 21.9 Å². The highest BCUT2D eigenvalue weighted by Gasteiger charge is 2.39. The molecule has 58 heavy (non-hydrogen) atoms. The van der Waals surface area contributed by atoms with Gasteiger partial charge in [0.1, 0.15) is 0 Å². The highest BCUT2D eigenvalue weighted by atomic mass is 16.5. The zero-order valence-electron chi connectivity index (χ0n) is 34.3. The second kappa shape index (κ2) is 15.7. The van der Waals surface area contributed by atoms with Gasteiger partial charge in [0.05, 0.1) is 50.6 Å². The first-order valence-electron chi connectivity index (χ1n) is 21.1. The first-order valence-corrected chi connectivity index (χ1v) is 21.1.